The van der Waals surface area contributed by atoms with Gasteiger partial charge in [-0.25, -0.2) is 0 Å². The van der Waals surface area contributed by atoms with Crippen molar-refractivity contribution in [3.05, 3.63) is 29.8 Å². The molecule has 0 saturated carbocycles. The third kappa shape index (κ3) is 8.57. The van der Waals surface area contributed by atoms with Gasteiger partial charge in [0, 0.05) is 23.5 Å². The summed E-state index contributed by atoms with van der Waals surface area (Å²) in [6.07, 6.45) is 0. The van der Waals surface area contributed by atoms with Crippen LogP contribution in [-0.2, 0) is 4.79 Å². The third-order valence-electron chi connectivity index (χ3n) is 3.06. The molecule has 0 aromatic heterocycles. The fourth-order valence-corrected chi connectivity index (χ4v) is 2.91. The summed E-state index contributed by atoms with van der Waals surface area (Å²) in [7, 11) is 0. The molecule has 0 aliphatic heterocycles. The molecule has 0 heterocycles. The zero-order valence-corrected chi connectivity index (χ0v) is 16.4. The lowest BCUT2D eigenvalue weighted by molar-refractivity contribution is -0.119. The lowest BCUT2D eigenvalue weighted by Gasteiger charge is -2.14. The van der Waals surface area contributed by atoms with E-state index in [1.165, 1.54) is 11.8 Å². The standard InChI is InChI=1S/C17H27N3O2S.ClH/c1-5-18-13(4)10-19-17(22)14-8-6-7-9-15(14)23-11-16(21)20-12(2)3;/h6-9,12-13,18H,5,10-11H2,1-4H3,(H,19,22)(H,20,21);1H/t13-;/m1./s1. The van der Waals surface area contributed by atoms with Crippen LogP contribution in [0.3, 0.4) is 0 Å². The van der Waals surface area contributed by atoms with E-state index in [-0.39, 0.29) is 36.3 Å². The van der Waals surface area contributed by atoms with Crippen molar-refractivity contribution < 1.29 is 9.59 Å². The van der Waals surface area contributed by atoms with Gasteiger partial charge in [-0.2, -0.15) is 0 Å². The van der Waals surface area contributed by atoms with Gasteiger partial charge in [-0.3, -0.25) is 9.59 Å². The average molecular weight is 374 g/mol. The number of halogens is 1. The van der Waals surface area contributed by atoms with Gasteiger partial charge in [-0.1, -0.05) is 19.1 Å². The predicted molar refractivity (Wildman–Crippen MR) is 103 cm³/mol. The Labute approximate surface area is 155 Å². The maximum Gasteiger partial charge on any atom is 0.252 e. The molecule has 0 radical (unpaired) electrons. The normalized spacial score (nSPS) is 11.5. The first kappa shape index (κ1) is 22.8. The van der Waals surface area contributed by atoms with Crippen LogP contribution in [0, 0.1) is 0 Å². The smallest absolute Gasteiger partial charge is 0.252 e. The lowest BCUT2D eigenvalue weighted by atomic mass is 10.2. The molecule has 136 valence electrons. The fraction of sp³-hybridized carbons (Fsp3) is 0.529. The minimum Gasteiger partial charge on any atom is -0.353 e. The number of carbonyl (C=O) groups excluding carboxylic acids is 2. The third-order valence-corrected chi connectivity index (χ3v) is 4.14. The first-order valence-electron chi connectivity index (χ1n) is 7.96. The zero-order valence-electron chi connectivity index (χ0n) is 14.7. The molecule has 0 unspecified atom stereocenters. The molecule has 2 amide bonds. The number of amides is 2. The van der Waals surface area contributed by atoms with Gasteiger partial charge in [-0.05, 0) is 39.4 Å². The second-order valence-corrected chi connectivity index (χ2v) is 6.69. The molecule has 0 saturated heterocycles. The second kappa shape index (κ2) is 12.2. The second-order valence-electron chi connectivity index (χ2n) is 5.68. The number of thioether (sulfide) groups is 1. The van der Waals surface area contributed by atoms with E-state index >= 15 is 0 Å². The van der Waals surface area contributed by atoms with Gasteiger partial charge >= 0.3 is 0 Å². The number of hydrogen-bond acceptors (Lipinski definition) is 4. The summed E-state index contributed by atoms with van der Waals surface area (Å²) in [5.74, 6) is 0.166. The summed E-state index contributed by atoms with van der Waals surface area (Å²) in [4.78, 5) is 24.9. The van der Waals surface area contributed by atoms with Crippen molar-refractivity contribution in [3.63, 3.8) is 0 Å². The van der Waals surface area contributed by atoms with E-state index in [1.807, 2.05) is 45.9 Å². The van der Waals surface area contributed by atoms with Crippen LogP contribution < -0.4 is 16.0 Å². The lowest BCUT2D eigenvalue weighted by Crippen LogP contribution is -2.39. The van der Waals surface area contributed by atoms with Gasteiger partial charge in [0.25, 0.3) is 5.91 Å². The van der Waals surface area contributed by atoms with Gasteiger partial charge < -0.3 is 16.0 Å². The zero-order chi connectivity index (χ0) is 17.2. The fourth-order valence-electron chi connectivity index (χ4n) is 2.05. The molecule has 1 rings (SSSR count). The molecule has 0 spiro atoms. The predicted octanol–water partition coefficient (Wildman–Crippen LogP) is 2.45. The highest BCUT2D eigenvalue weighted by Gasteiger charge is 2.13. The van der Waals surface area contributed by atoms with E-state index in [0.717, 1.165) is 11.4 Å². The van der Waals surface area contributed by atoms with E-state index in [0.29, 0.717) is 17.9 Å². The summed E-state index contributed by atoms with van der Waals surface area (Å²) in [5.41, 5.74) is 0.610. The summed E-state index contributed by atoms with van der Waals surface area (Å²) >= 11 is 1.38. The Morgan fingerprint density at radius 3 is 2.46 bits per heavy atom. The van der Waals surface area contributed by atoms with Crippen molar-refractivity contribution in [1.29, 1.82) is 0 Å². The SMILES string of the molecule is CCN[C@H](C)CNC(=O)c1ccccc1SCC(=O)NC(C)C.Cl. The Hall–Kier alpha value is -1.24. The topological polar surface area (TPSA) is 70.2 Å². The van der Waals surface area contributed by atoms with Gasteiger partial charge in [0.1, 0.15) is 0 Å². The summed E-state index contributed by atoms with van der Waals surface area (Å²) in [6, 6.07) is 7.71. The number of rotatable bonds is 9. The largest absolute Gasteiger partial charge is 0.353 e. The van der Waals surface area contributed by atoms with E-state index < -0.39 is 0 Å². The van der Waals surface area contributed by atoms with Crippen molar-refractivity contribution in [3.8, 4) is 0 Å². The van der Waals surface area contributed by atoms with Crippen LogP contribution >= 0.6 is 24.2 Å². The minimum absolute atomic E-state index is 0. The van der Waals surface area contributed by atoms with E-state index in [4.69, 9.17) is 0 Å². The Balaban J connectivity index is 0.00000529. The van der Waals surface area contributed by atoms with Crippen LogP contribution in [0.5, 0.6) is 0 Å². The maximum absolute atomic E-state index is 12.3. The van der Waals surface area contributed by atoms with E-state index in [9.17, 15) is 9.59 Å². The molecular formula is C17H28ClN3O2S. The maximum atomic E-state index is 12.3. The Morgan fingerprint density at radius 1 is 1.17 bits per heavy atom. The molecule has 1 aromatic carbocycles. The molecule has 3 N–H and O–H groups in total. The van der Waals surface area contributed by atoms with Crippen LogP contribution in [-0.4, -0.2) is 42.7 Å². The monoisotopic (exact) mass is 373 g/mol. The van der Waals surface area contributed by atoms with Crippen molar-refractivity contribution in [2.24, 2.45) is 0 Å². The van der Waals surface area contributed by atoms with Gasteiger partial charge in [0.05, 0.1) is 11.3 Å². The van der Waals surface area contributed by atoms with E-state index in [1.54, 1.807) is 6.07 Å². The summed E-state index contributed by atoms with van der Waals surface area (Å²) in [6.45, 7) is 9.35. The number of hydrogen-bond donors (Lipinski definition) is 3. The Kier molecular flexibility index (Phi) is 11.5. The molecule has 1 aromatic rings. The van der Waals surface area contributed by atoms with E-state index in [2.05, 4.69) is 16.0 Å². The first-order chi connectivity index (χ1) is 10.9. The minimum atomic E-state index is -0.109. The van der Waals surface area contributed by atoms with Crippen LogP contribution in [0.4, 0.5) is 0 Å². The highest BCUT2D eigenvalue weighted by Crippen LogP contribution is 2.22. The molecule has 5 nitrogen and oxygen atoms in total. The number of benzene rings is 1. The average Bonchev–Trinajstić information content (AvgIpc) is 2.50. The molecule has 24 heavy (non-hydrogen) atoms. The molecule has 0 aliphatic rings. The molecule has 0 aliphatic carbocycles. The van der Waals surface area contributed by atoms with Crippen LogP contribution in [0.2, 0.25) is 0 Å². The molecule has 7 heteroatoms. The highest BCUT2D eigenvalue weighted by atomic mass is 35.5. The quantitative estimate of drug-likeness (QED) is 0.581. The molecule has 0 bridgehead atoms. The first-order valence-corrected chi connectivity index (χ1v) is 8.95. The van der Waals surface area contributed by atoms with Crippen molar-refractivity contribution in [2.75, 3.05) is 18.8 Å². The van der Waals surface area contributed by atoms with Crippen LogP contribution in [0.15, 0.2) is 29.2 Å². The molecule has 0 fully saturated rings. The van der Waals surface area contributed by atoms with Crippen molar-refractivity contribution in [2.45, 2.75) is 44.7 Å². The number of carbonyl (C=O) groups is 2. The number of nitrogens with one attached hydrogen (secondary N) is 3. The Morgan fingerprint density at radius 2 is 1.83 bits per heavy atom. The number of likely N-dealkylation sites (N-methyl/N-ethyl adjacent to an activating group) is 1. The van der Waals surface area contributed by atoms with Gasteiger partial charge in [0.2, 0.25) is 5.91 Å². The van der Waals surface area contributed by atoms with Gasteiger partial charge in [-0.15, -0.1) is 24.2 Å². The summed E-state index contributed by atoms with van der Waals surface area (Å²) < 4.78 is 0. The van der Waals surface area contributed by atoms with Crippen LogP contribution in [0.25, 0.3) is 0 Å². The molecular weight excluding hydrogens is 346 g/mol. The molecule has 1 atom stereocenters. The Bertz CT molecular complexity index is 526. The summed E-state index contributed by atoms with van der Waals surface area (Å²) in [5, 5.41) is 9.03. The van der Waals surface area contributed by atoms with Crippen molar-refractivity contribution in [1.82, 2.24) is 16.0 Å². The highest BCUT2D eigenvalue weighted by molar-refractivity contribution is 8.00. The van der Waals surface area contributed by atoms with Crippen molar-refractivity contribution >= 4 is 36.0 Å². The van der Waals surface area contributed by atoms with Gasteiger partial charge in [0.15, 0.2) is 0 Å². The van der Waals surface area contributed by atoms with Crippen LogP contribution in [0.1, 0.15) is 38.1 Å².